The van der Waals surface area contributed by atoms with Gasteiger partial charge in [-0.1, -0.05) is 0 Å². The number of hydrogen-bond donors (Lipinski definition) is 2. The molecule has 0 radical (unpaired) electrons. The molecule has 2 aliphatic heterocycles. The van der Waals surface area contributed by atoms with E-state index in [1.54, 1.807) is 0 Å². The molecule has 2 rings (SSSR count). The lowest BCUT2D eigenvalue weighted by Gasteiger charge is -2.43. The first-order valence-electron chi connectivity index (χ1n) is 5.84. The third-order valence-corrected chi connectivity index (χ3v) is 5.68. The summed E-state index contributed by atoms with van der Waals surface area (Å²) in [7, 11) is 0. The molecule has 90 valence electrons. The van der Waals surface area contributed by atoms with Gasteiger partial charge in [0.2, 0.25) is 0 Å². The third-order valence-electron chi connectivity index (χ3n) is 4.15. The van der Waals surface area contributed by atoms with E-state index in [4.69, 9.17) is 10.5 Å². The zero-order valence-electron chi connectivity index (χ0n) is 10.1. The molecule has 0 aromatic heterocycles. The monoisotopic (exact) mass is 232 g/mol. The van der Waals surface area contributed by atoms with Crippen LogP contribution < -0.4 is 5.73 Å². The average molecular weight is 232 g/mol. The molecule has 2 unspecified atom stereocenters. The molecule has 0 amide bonds. The number of ether oxygens (including phenoxy) is 1. The Morgan fingerprint density at radius 3 is 2.33 bits per heavy atom. The maximum Gasteiger partial charge on any atom is 0.0704 e. The van der Waals surface area contributed by atoms with Crippen LogP contribution in [0.3, 0.4) is 0 Å². The van der Waals surface area contributed by atoms with E-state index in [9.17, 15) is 0 Å². The van der Waals surface area contributed by atoms with Crippen molar-refractivity contribution in [2.75, 3.05) is 32.2 Å². The van der Waals surface area contributed by atoms with E-state index in [0.29, 0.717) is 5.41 Å². The molecule has 0 aliphatic carbocycles. The van der Waals surface area contributed by atoms with Gasteiger partial charge in [-0.25, -0.2) is 11.1 Å². The standard InChI is InChI=1S/C11H24N2OS/c1-9-10(12)11(8-14-9)4-6-13(7-5-11)15(2)3/h9-10,15H,4-8,12H2,1-3H3. The number of thiol groups is 1. The molecule has 0 aromatic carbocycles. The zero-order valence-corrected chi connectivity index (χ0v) is 11.0. The lowest BCUT2D eigenvalue weighted by molar-refractivity contribution is 0.0871. The van der Waals surface area contributed by atoms with E-state index >= 15 is 0 Å². The Morgan fingerprint density at radius 2 is 1.93 bits per heavy atom. The van der Waals surface area contributed by atoms with Gasteiger partial charge >= 0.3 is 0 Å². The fourth-order valence-electron chi connectivity index (χ4n) is 2.81. The molecule has 1 spiro atoms. The highest BCUT2D eigenvalue weighted by atomic mass is 32.2. The van der Waals surface area contributed by atoms with Crippen molar-refractivity contribution < 1.29 is 4.74 Å². The second-order valence-electron chi connectivity index (χ2n) is 5.21. The van der Waals surface area contributed by atoms with Gasteiger partial charge in [0.25, 0.3) is 0 Å². The van der Waals surface area contributed by atoms with Gasteiger partial charge in [-0.15, -0.1) is 0 Å². The largest absolute Gasteiger partial charge is 0.376 e. The van der Waals surface area contributed by atoms with Gasteiger partial charge in [-0.05, 0) is 32.3 Å². The van der Waals surface area contributed by atoms with Gasteiger partial charge < -0.3 is 10.5 Å². The summed E-state index contributed by atoms with van der Waals surface area (Å²) in [5.41, 5.74) is 6.56. The van der Waals surface area contributed by atoms with Crippen LogP contribution in [0, 0.1) is 5.41 Å². The Morgan fingerprint density at radius 1 is 1.33 bits per heavy atom. The average Bonchev–Trinajstić information content (AvgIpc) is 2.48. The van der Waals surface area contributed by atoms with E-state index in [1.165, 1.54) is 25.9 Å². The number of hydrogen-bond acceptors (Lipinski definition) is 3. The van der Waals surface area contributed by atoms with Crippen LogP contribution in [-0.2, 0) is 4.74 Å². The van der Waals surface area contributed by atoms with E-state index in [2.05, 4.69) is 23.7 Å². The van der Waals surface area contributed by atoms with Crippen molar-refractivity contribution >= 4 is 11.1 Å². The van der Waals surface area contributed by atoms with Crippen LogP contribution >= 0.6 is 11.1 Å². The number of piperidine rings is 1. The van der Waals surface area contributed by atoms with Crippen molar-refractivity contribution in [1.29, 1.82) is 0 Å². The summed E-state index contributed by atoms with van der Waals surface area (Å²) in [4.78, 5) is 0. The second-order valence-corrected chi connectivity index (χ2v) is 7.47. The molecule has 0 bridgehead atoms. The molecular weight excluding hydrogens is 208 g/mol. The topological polar surface area (TPSA) is 38.5 Å². The zero-order chi connectivity index (χ0) is 11.1. The maximum atomic E-state index is 6.27. The Kier molecular flexibility index (Phi) is 3.31. The summed E-state index contributed by atoms with van der Waals surface area (Å²) in [5.74, 6) is 0. The fraction of sp³-hybridized carbons (Fsp3) is 1.00. The van der Waals surface area contributed by atoms with E-state index in [0.717, 1.165) is 6.61 Å². The van der Waals surface area contributed by atoms with Gasteiger partial charge in [0.1, 0.15) is 0 Å². The SMILES string of the molecule is CC1OCC2(CCN([SH](C)C)CC2)C1N. The Labute approximate surface area is 95.8 Å². The van der Waals surface area contributed by atoms with E-state index < -0.39 is 0 Å². The summed E-state index contributed by atoms with van der Waals surface area (Å²) < 4.78 is 8.32. The lowest BCUT2D eigenvalue weighted by atomic mass is 9.74. The molecule has 2 aliphatic rings. The van der Waals surface area contributed by atoms with Crippen LogP contribution in [0.2, 0.25) is 0 Å². The Hall–Kier alpha value is 0.230. The van der Waals surface area contributed by atoms with Gasteiger partial charge in [0.05, 0.1) is 12.7 Å². The molecule has 2 heterocycles. The van der Waals surface area contributed by atoms with Gasteiger partial charge in [0.15, 0.2) is 0 Å². The van der Waals surface area contributed by atoms with E-state index in [1.807, 2.05) is 0 Å². The van der Waals surface area contributed by atoms with Crippen molar-refractivity contribution in [2.24, 2.45) is 11.1 Å². The summed E-state index contributed by atoms with van der Waals surface area (Å²) in [6, 6.07) is 0.250. The maximum absolute atomic E-state index is 6.27. The Bertz CT molecular complexity index is 227. The highest BCUT2D eigenvalue weighted by Crippen LogP contribution is 2.43. The van der Waals surface area contributed by atoms with Crippen molar-refractivity contribution in [3.8, 4) is 0 Å². The summed E-state index contributed by atoms with van der Waals surface area (Å²) in [5, 5.41) is 0. The quantitative estimate of drug-likeness (QED) is 0.662. The van der Waals surface area contributed by atoms with Crippen LogP contribution in [0.4, 0.5) is 0 Å². The third kappa shape index (κ3) is 2.05. The first-order valence-corrected chi connectivity index (χ1v) is 8.03. The van der Waals surface area contributed by atoms with Crippen LogP contribution in [0.15, 0.2) is 0 Å². The molecule has 15 heavy (non-hydrogen) atoms. The first kappa shape index (κ1) is 11.7. The van der Waals surface area contributed by atoms with Gasteiger partial charge in [0, 0.05) is 24.5 Å². The van der Waals surface area contributed by atoms with Crippen LogP contribution in [0.1, 0.15) is 19.8 Å². The Balaban J connectivity index is 1.98. The van der Waals surface area contributed by atoms with Crippen molar-refractivity contribution in [3.05, 3.63) is 0 Å². The smallest absolute Gasteiger partial charge is 0.0704 e. The van der Waals surface area contributed by atoms with Crippen molar-refractivity contribution in [1.82, 2.24) is 4.31 Å². The minimum atomic E-state index is 0.0767. The summed E-state index contributed by atoms with van der Waals surface area (Å²) >= 11 is 0.0767. The molecule has 2 fully saturated rings. The van der Waals surface area contributed by atoms with Gasteiger partial charge in [-0.3, -0.25) is 4.31 Å². The van der Waals surface area contributed by atoms with Crippen LogP contribution in [0.25, 0.3) is 0 Å². The fourth-order valence-corrected chi connectivity index (χ4v) is 3.81. The number of nitrogens with zero attached hydrogens (tertiary/aromatic N) is 1. The molecule has 0 aromatic rings. The predicted molar refractivity (Wildman–Crippen MR) is 67.5 cm³/mol. The first-order chi connectivity index (χ1) is 7.05. The van der Waals surface area contributed by atoms with Crippen molar-refractivity contribution in [3.63, 3.8) is 0 Å². The lowest BCUT2D eigenvalue weighted by Crippen LogP contribution is -2.49. The van der Waals surface area contributed by atoms with E-state index in [-0.39, 0.29) is 23.2 Å². The number of nitrogens with two attached hydrogens (primary N) is 1. The minimum Gasteiger partial charge on any atom is -0.376 e. The molecule has 2 saturated heterocycles. The highest BCUT2D eigenvalue weighted by molar-refractivity contribution is 8.13. The summed E-state index contributed by atoms with van der Waals surface area (Å²) in [6.45, 7) is 5.41. The van der Waals surface area contributed by atoms with Crippen molar-refractivity contribution in [2.45, 2.75) is 31.9 Å². The molecule has 2 N–H and O–H groups in total. The second kappa shape index (κ2) is 4.24. The molecular formula is C11H24N2OS. The molecule has 4 heteroatoms. The summed E-state index contributed by atoms with van der Waals surface area (Å²) in [6.07, 6.45) is 7.36. The van der Waals surface area contributed by atoms with Crippen LogP contribution in [0.5, 0.6) is 0 Å². The molecule has 3 nitrogen and oxygen atoms in total. The van der Waals surface area contributed by atoms with Crippen LogP contribution in [-0.4, -0.2) is 48.7 Å². The minimum absolute atomic E-state index is 0.0767. The number of rotatable bonds is 1. The predicted octanol–water partition coefficient (Wildman–Crippen LogP) is 0.990. The molecule has 0 saturated carbocycles. The normalized spacial score (nSPS) is 37.2. The van der Waals surface area contributed by atoms with Gasteiger partial charge in [-0.2, -0.15) is 0 Å². The highest BCUT2D eigenvalue weighted by Gasteiger charge is 2.47. The molecule has 2 atom stereocenters.